The lowest BCUT2D eigenvalue weighted by Gasteiger charge is -2.16. The lowest BCUT2D eigenvalue weighted by atomic mass is 9.97. The predicted octanol–water partition coefficient (Wildman–Crippen LogP) is 2.69. The Bertz CT molecular complexity index is 366. The summed E-state index contributed by atoms with van der Waals surface area (Å²) in [6.45, 7) is 4.19. The second-order valence-electron chi connectivity index (χ2n) is 4.24. The zero-order chi connectivity index (χ0) is 12.3. The molecule has 0 aromatic heterocycles. The SMILES string of the molecule is COc1cc(CC(N)C(C)C)cc(Br)c1O. The van der Waals surface area contributed by atoms with E-state index in [0.717, 1.165) is 12.0 Å². The summed E-state index contributed by atoms with van der Waals surface area (Å²) in [6.07, 6.45) is 0.771. The van der Waals surface area contributed by atoms with Crippen molar-refractivity contribution in [2.24, 2.45) is 11.7 Å². The third-order valence-electron chi connectivity index (χ3n) is 2.64. The summed E-state index contributed by atoms with van der Waals surface area (Å²) >= 11 is 3.29. The number of hydrogen-bond donors (Lipinski definition) is 2. The summed E-state index contributed by atoms with van der Waals surface area (Å²) < 4.78 is 5.72. The fourth-order valence-electron chi connectivity index (χ4n) is 1.41. The summed E-state index contributed by atoms with van der Waals surface area (Å²) in [5, 5.41) is 9.66. The van der Waals surface area contributed by atoms with Gasteiger partial charge >= 0.3 is 0 Å². The van der Waals surface area contributed by atoms with Crippen molar-refractivity contribution in [1.82, 2.24) is 0 Å². The smallest absolute Gasteiger partial charge is 0.172 e. The largest absolute Gasteiger partial charge is 0.503 e. The van der Waals surface area contributed by atoms with Crippen LogP contribution in [0.25, 0.3) is 0 Å². The Morgan fingerprint density at radius 1 is 1.44 bits per heavy atom. The molecule has 4 heteroatoms. The second kappa shape index (κ2) is 5.55. The van der Waals surface area contributed by atoms with Crippen molar-refractivity contribution >= 4 is 15.9 Å². The Kier molecular flexibility index (Phi) is 4.62. The highest BCUT2D eigenvalue weighted by atomic mass is 79.9. The molecule has 0 aliphatic heterocycles. The molecule has 0 fully saturated rings. The van der Waals surface area contributed by atoms with Crippen LogP contribution in [-0.4, -0.2) is 18.3 Å². The van der Waals surface area contributed by atoms with Crippen LogP contribution < -0.4 is 10.5 Å². The first-order valence-corrected chi connectivity index (χ1v) is 6.06. The van der Waals surface area contributed by atoms with Gasteiger partial charge in [-0.3, -0.25) is 0 Å². The topological polar surface area (TPSA) is 55.5 Å². The van der Waals surface area contributed by atoms with Gasteiger partial charge in [-0.05, 0) is 46.0 Å². The van der Waals surface area contributed by atoms with Gasteiger partial charge in [0.15, 0.2) is 11.5 Å². The van der Waals surface area contributed by atoms with Crippen molar-refractivity contribution in [1.29, 1.82) is 0 Å². The lowest BCUT2D eigenvalue weighted by molar-refractivity contribution is 0.371. The van der Waals surface area contributed by atoms with Crippen molar-refractivity contribution in [3.8, 4) is 11.5 Å². The van der Waals surface area contributed by atoms with E-state index in [4.69, 9.17) is 10.5 Å². The van der Waals surface area contributed by atoms with Crippen molar-refractivity contribution < 1.29 is 9.84 Å². The summed E-state index contributed by atoms with van der Waals surface area (Å²) in [7, 11) is 1.54. The summed E-state index contributed by atoms with van der Waals surface area (Å²) in [6, 6.07) is 3.81. The monoisotopic (exact) mass is 287 g/mol. The van der Waals surface area contributed by atoms with Crippen molar-refractivity contribution in [2.75, 3.05) is 7.11 Å². The lowest BCUT2D eigenvalue weighted by Crippen LogP contribution is -2.28. The molecule has 0 spiro atoms. The first-order valence-electron chi connectivity index (χ1n) is 5.26. The average molecular weight is 288 g/mol. The normalized spacial score (nSPS) is 12.9. The molecule has 1 rings (SSSR count). The Balaban J connectivity index is 2.94. The Labute approximate surface area is 105 Å². The van der Waals surface area contributed by atoms with Gasteiger partial charge in [0.05, 0.1) is 11.6 Å². The minimum absolute atomic E-state index is 0.112. The Morgan fingerprint density at radius 2 is 2.06 bits per heavy atom. The predicted molar refractivity (Wildman–Crippen MR) is 68.9 cm³/mol. The van der Waals surface area contributed by atoms with Crippen LogP contribution in [0, 0.1) is 5.92 Å². The summed E-state index contributed by atoms with van der Waals surface area (Å²) in [5.41, 5.74) is 7.07. The molecule has 0 aliphatic carbocycles. The highest BCUT2D eigenvalue weighted by molar-refractivity contribution is 9.10. The van der Waals surface area contributed by atoms with Crippen LogP contribution in [0.15, 0.2) is 16.6 Å². The quantitative estimate of drug-likeness (QED) is 0.895. The molecule has 1 aromatic rings. The van der Waals surface area contributed by atoms with Gasteiger partial charge < -0.3 is 15.6 Å². The van der Waals surface area contributed by atoms with Crippen molar-refractivity contribution in [2.45, 2.75) is 26.3 Å². The molecule has 3 nitrogen and oxygen atoms in total. The summed E-state index contributed by atoms with van der Waals surface area (Å²) in [5.74, 6) is 1.03. The van der Waals surface area contributed by atoms with Gasteiger partial charge in [0.25, 0.3) is 0 Å². The molecule has 90 valence electrons. The number of hydrogen-bond acceptors (Lipinski definition) is 3. The van der Waals surface area contributed by atoms with Crippen LogP contribution >= 0.6 is 15.9 Å². The highest BCUT2D eigenvalue weighted by Gasteiger charge is 2.13. The van der Waals surface area contributed by atoms with Gasteiger partial charge in [0, 0.05) is 6.04 Å². The number of halogens is 1. The molecule has 0 radical (unpaired) electrons. The Morgan fingerprint density at radius 3 is 2.56 bits per heavy atom. The van der Waals surface area contributed by atoms with Crippen LogP contribution in [0.4, 0.5) is 0 Å². The standard InChI is InChI=1S/C12H18BrNO2/c1-7(2)10(14)5-8-4-9(13)12(15)11(6-8)16-3/h4,6-7,10,15H,5,14H2,1-3H3. The average Bonchev–Trinajstić information content (AvgIpc) is 2.22. The molecule has 3 N–H and O–H groups in total. The number of benzene rings is 1. The van der Waals surface area contributed by atoms with Crippen LogP contribution in [0.5, 0.6) is 11.5 Å². The minimum atomic E-state index is 0.112. The molecule has 1 aromatic carbocycles. The fraction of sp³-hybridized carbons (Fsp3) is 0.500. The van der Waals surface area contributed by atoms with E-state index in [0.29, 0.717) is 16.1 Å². The van der Waals surface area contributed by atoms with Gasteiger partial charge in [-0.2, -0.15) is 0 Å². The van der Waals surface area contributed by atoms with E-state index in [1.54, 1.807) is 0 Å². The first-order chi connectivity index (χ1) is 7.45. The number of phenolic OH excluding ortho intramolecular Hbond substituents is 1. The zero-order valence-electron chi connectivity index (χ0n) is 9.83. The molecule has 1 unspecified atom stereocenters. The van der Waals surface area contributed by atoms with Gasteiger partial charge in [-0.25, -0.2) is 0 Å². The number of nitrogens with two attached hydrogens (primary N) is 1. The van der Waals surface area contributed by atoms with E-state index in [2.05, 4.69) is 29.8 Å². The maximum atomic E-state index is 9.66. The Hall–Kier alpha value is -0.740. The van der Waals surface area contributed by atoms with Crippen LogP contribution in [-0.2, 0) is 6.42 Å². The van der Waals surface area contributed by atoms with Gasteiger partial charge in [0.2, 0.25) is 0 Å². The molecule has 1 atom stereocenters. The van der Waals surface area contributed by atoms with Crippen LogP contribution in [0.2, 0.25) is 0 Å². The maximum absolute atomic E-state index is 9.66. The van der Waals surface area contributed by atoms with E-state index in [-0.39, 0.29) is 11.8 Å². The van der Waals surface area contributed by atoms with Gasteiger partial charge in [0.1, 0.15) is 0 Å². The third-order valence-corrected chi connectivity index (χ3v) is 3.24. The second-order valence-corrected chi connectivity index (χ2v) is 5.09. The van der Waals surface area contributed by atoms with Crippen molar-refractivity contribution in [3.63, 3.8) is 0 Å². The molecule has 0 heterocycles. The molecule has 0 saturated heterocycles. The van der Waals surface area contributed by atoms with Crippen molar-refractivity contribution in [3.05, 3.63) is 22.2 Å². The number of ether oxygens (including phenoxy) is 1. The molecule has 0 aliphatic rings. The van der Waals surface area contributed by atoms with Gasteiger partial charge in [-0.15, -0.1) is 0 Å². The number of phenols is 1. The van der Waals surface area contributed by atoms with E-state index in [1.165, 1.54) is 7.11 Å². The number of methoxy groups -OCH3 is 1. The minimum Gasteiger partial charge on any atom is -0.503 e. The molecule has 0 bridgehead atoms. The number of aromatic hydroxyl groups is 1. The first kappa shape index (κ1) is 13.3. The summed E-state index contributed by atoms with van der Waals surface area (Å²) in [4.78, 5) is 0. The van der Waals surface area contributed by atoms with E-state index in [1.807, 2.05) is 12.1 Å². The zero-order valence-corrected chi connectivity index (χ0v) is 11.4. The molecule has 16 heavy (non-hydrogen) atoms. The molecular weight excluding hydrogens is 270 g/mol. The number of rotatable bonds is 4. The fourth-order valence-corrected chi connectivity index (χ4v) is 1.90. The van der Waals surface area contributed by atoms with Gasteiger partial charge in [-0.1, -0.05) is 13.8 Å². The van der Waals surface area contributed by atoms with Crippen LogP contribution in [0.3, 0.4) is 0 Å². The van der Waals surface area contributed by atoms with Crippen LogP contribution in [0.1, 0.15) is 19.4 Å². The maximum Gasteiger partial charge on any atom is 0.172 e. The van der Waals surface area contributed by atoms with E-state index >= 15 is 0 Å². The molecular formula is C12H18BrNO2. The third kappa shape index (κ3) is 3.12. The molecule has 0 amide bonds. The van der Waals surface area contributed by atoms with E-state index < -0.39 is 0 Å². The van der Waals surface area contributed by atoms with E-state index in [9.17, 15) is 5.11 Å². The highest BCUT2D eigenvalue weighted by Crippen LogP contribution is 2.35. The molecule has 0 saturated carbocycles.